The number of hydrogen-bond acceptors (Lipinski definition) is 3. The molecule has 1 atom stereocenters. The molecule has 0 aliphatic carbocycles. The third-order valence-electron chi connectivity index (χ3n) is 2.55. The third-order valence-corrected chi connectivity index (χ3v) is 2.55. The number of rotatable bonds is 7. The Kier molecular flexibility index (Phi) is 5.53. The molecular formula is C13H16N2O4. The minimum Gasteiger partial charge on any atom is -0.480 e. The van der Waals surface area contributed by atoms with Gasteiger partial charge in [-0.3, -0.25) is 9.59 Å². The van der Waals surface area contributed by atoms with E-state index in [9.17, 15) is 14.4 Å². The minimum atomic E-state index is -1.09. The molecule has 1 unspecified atom stereocenters. The number of amides is 2. The van der Waals surface area contributed by atoms with Crippen molar-refractivity contribution in [2.45, 2.75) is 25.8 Å². The van der Waals surface area contributed by atoms with Crippen molar-refractivity contribution in [2.75, 3.05) is 5.32 Å². The predicted molar refractivity (Wildman–Crippen MR) is 69.7 cm³/mol. The van der Waals surface area contributed by atoms with Crippen LogP contribution >= 0.6 is 0 Å². The summed E-state index contributed by atoms with van der Waals surface area (Å²) < 4.78 is 0. The summed E-state index contributed by atoms with van der Waals surface area (Å²) in [6.07, 6.45) is 0.943. The van der Waals surface area contributed by atoms with Crippen LogP contribution in [0.15, 0.2) is 24.3 Å². The normalized spacial score (nSPS) is 11.4. The van der Waals surface area contributed by atoms with Gasteiger partial charge in [0.1, 0.15) is 6.04 Å². The molecule has 0 aliphatic rings. The van der Waals surface area contributed by atoms with E-state index in [1.807, 2.05) is 0 Å². The fraction of sp³-hybridized carbons (Fsp3) is 0.308. The first kappa shape index (κ1) is 14.7. The summed E-state index contributed by atoms with van der Waals surface area (Å²) in [6, 6.07) is 5.84. The van der Waals surface area contributed by atoms with E-state index in [1.54, 1.807) is 31.2 Å². The van der Waals surface area contributed by atoms with Crippen molar-refractivity contribution in [1.82, 2.24) is 5.32 Å². The first-order valence-corrected chi connectivity index (χ1v) is 5.88. The lowest BCUT2D eigenvalue weighted by atomic mass is 10.1. The molecule has 1 rings (SSSR count). The molecule has 0 radical (unpaired) electrons. The molecular weight excluding hydrogens is 248 g/mol. The summed E-state index contributed by atoms with van der Waals surface area (Å²) in [5, 5.41) is 14.0. The van der Waals surface area contributed by atoms with E-state index in [0.717, 1.165) is 5.56 Å². The maximum Gasteiger partial charge on any atom is 0.326 e. The van der Waals surface area contributed by atoms with Gasteiger partial charge in [-0.1, -0.05) is 19.1 Å². The van der Waals surface area contributed by atoms with E-state index < -0.39 is 12.0 Å². The fourth-order valence-corrected chi connectivity index (χ4v) is 1.59. The number of nitrogens with one attached hydrogen (secondary N) is 2. The van der Waals surface area contributed by atoms with Gasteiger partial charge in [-0.2, -0.15) is 0 Å². The van der Waals surface area contributed by atoms with E-state index in [4.69, 9.17) is 5.11 Å². The SMILES string of the molecule is CCC(=O)NC(Cc1cccc(NC=O)c1)C(=O)O. The first-order valence-electron chi connectivity index (χ1n) is 5.88. The lowest BCUT2D eigenvalue weighted by Gasteiger charge is -2.14. The van der Waals surface area contributed by atoms with Crippen molar-refractivity contribution in [1.29, 1.82) is 0 Å². The molecule has 102 valence electrons. The topological polar surface area (TPSA) is 95.5 Å². The van der Waals surface area contributed by atoms with Gasteiger partial charge in [-0.25, -0.2) is 4.79 Å². The van der Waals surface area contributed by atoms with Crippen LogP contribution in [-0.4, -0.2) is 29.4 Å². The predicted octanol–water partition coefficient (Wildman–Crippen LogP) is 0.777. The molecule has 2 amide bonds. The van der Waals surface area contributed by atoms with Crippen molar-refractivity contribution in [2.24, 2.45) is 0 Å². The number of carboxylic acid groups (broad SMARTS) is 1. The van der Waals surface area contributed by atoms with Crippen LogP contribution in [0.5, 0.6) is 0 Å². The van der Waals surface area contributed by atoms with Crippen LogP contribution in [0.4, 0.5) is 5.69 Å². The molecule has 6 heteroatoms. The minimum absolute atomic E-state index is 0.162. The highest BCUT2D eigenvalue weighted by molar-refractivity contribution is 5.83. The third kappa shape index (κ3) is 4.79. The van der Waals surface area contributed by atoms with Gasteiger partial charge in [0.2, 0.25) is 12.3 Å². The van der Waals surface area contributed by atoms with Crippen molar-refractivity contribution >= 4 is 24.0 Å². The smallest absolute Gasteiger partial charge is 0.326 e. The zero-order valence-electron chi connectivity index (χ0n) is 10.6. The Bertz CT molecular complexity index is 473. The highest BCUT2D eigenvalue weighted by Crippen LogP contribution is 2.12. The highest BCUT2D eigenvalue weighted by Gasteiger charge is 2.19. The number of carbonyl (C=O) groups excluding carboxylic acids is 2. The second-order valence-electron chi connectivity index (χ2n) is 3.98. The Morgan fingerprint density at radius 2 is 2.16 bits per heavy atom. The number of carbonyl (C=O) groups is 3. The zero-order valence-corrected chi connectivity index (χ0v) is 10.6. The second-order valence-corrected chi connectivity index (χ2v) is 3.98. The summed E-state index contributed by atoms with van der Waals surface area (Å²) in [7, 11) is 0. The van der Waals surface area contributed by atoms with Crippen LogP contribution in [-0.2, 0) is 20.8 Å². The van der Waals surface area contributed by atoms with Gasteiger partial charge in [0, 0.05) is 18.5 Å². The van der Waals surface area contributed by atoms with Crippen molar-refractivity contribution < 1.29 is 19.5 Å². The number of hydrogen-bond donors (Lipinski definition) is 3. The quantitative estimate of drug-likeness (QED) is 0.634. The maximum absolute atomic E-state index is 11.3. The fourth-order valence-electron chi connectivity index (χ4n) is 1.59. The number of carboxylic acids is 1. The maximum atomic E-state index is 11.3. The lowest BCUT2D eigenvalue weighted by Crippen LogP contribution is -2.42. The molecule has 0 saturated carbocycles. The largest absolute Gasteiger partial charge is 0.480 e. The van der Waals surface area contributed by atoms with Crippen LogP contribution in [0, 0.1) is 0 Å². The molecule has 0 aliphatic heterocycles. The van der Waals surface area contributed by atoms with Gasteiger partial charge in [-0.05, 0) is 17.7 Å². The molecule has 0 heterocycles. The van der Waals surface area contributed by atoms with Gasteiger partial charge in [0.05, 0.1) is 0 Å². The van der Waals surface area contributed by atoms with Crippen molar-refractivity contribution in [3.8, 4) is 0 Å². The molecule has 19 heavy (non-hydrogen) atoms. The van der Waals surface area contributed by atoms with Gasteiger partial charge in [0.15, 0.2) is 0 Å². The van der Waals surface area contributed by atoms with E-state index in [2.05, 4.69) is 10.6 Å². The highest BCUT2D eigenvalue weighted by atomic mass is 16.4. The standard InChI is InChI=1S/C13H16N2O4/c1-2-12(17)15-11(13(18)19)7-9-4-3-5-10(6-9)14-8-16/h3-6,8,11H,2,7H2,1H3,(H,14,16)(H,15,17)(H,18,19). The molecule has 0 aromatic heterocycles. The molecule has 1 aromatic rings. The second kappa shape index (κ2) is 7.15. The summed E-state index contributed by atoms with van der Waals surface area (Å²) in [5.41, 5.74) is 1.30. The van der Waals surface area contributed by atoms with Crippen LogP contribution in [0.3, 0.4) is 0 Å². The van der Waals surface area contributed by atoms with Crippen LogP contribution in [0.2, 0.25) is 0 Å². The number of aliphatic carboxylic acids is 1. The van der Waals surface area contributed by atoms with Crippen molar-refractivity contribution in [3.05, 3.63) is 29.8 Å². The Labute approximate surface area is 110 Å². The average Bonchev–Trinajstić information content (AvgIpc) is 2.38. The molecule has 3 N–H and O–H groups in total. The van der Waals surface area contributed by atoms with Crippen LogP contribution in [0.25, 0.3) is 0 Å². The van der Waals surface area contributed by atoms with E-state index in [0.29, 0.717) is 12.1 Å². The monoisotopic (exact) mass is 264 g/mol. The molecule has 0 bridgehead atoms. The van der Waals surface area contributed by atoms with E-state index in [1.165, 1.54) is 0 Å². The van der Waals surface area contributed by atoms with E-state index in [-0.39, 0.29) is 18.7 Å². The van der Waals surface area contributed by atoms with Gasteiger partial charge in [0.25, 0.3) is 0 Å². The molecule has 0 spiro atoms. The lowest BCUT2D eigenvalue weighted by molar-refractivity contribution is -0.141. The number of anilines is 1. The summed E-state index contributed by atoms with van der Waals surface area (Å²) in [6.45, 7) is 1.66. The van der Waals surface area contributed by atoms with Crippen molar-refractivity contribution in [3.63, 3.8) is 0 Å². The summed E-state index contributed by atoms with van der Waals surface area (Å²) in [5.74, 6) is -1.40. The van der Waals surface area contributed by atoms with Crippen LogP contribution < -0.4 is 10.6 Å². The zero-order chi connectivity index (χ0) is 14.3. The number of benzene rings is 1. The van der Waals surface area contributed by atoms with Crippen LogP contribution in [0.1, 0.15) is 18.9 Å². The van der Waals surface area contributed by atoms with Gasteiger partial charge in [-0.15, -0.1) is 0 Å². The van der Waals surface area contributed by atoms with E-state index >= 15 is 0 Å². The molecule has 6 nitrogen and oxygen atoms in total. The molecule has 0 fully saturated rings. The van der Waals surface area contributed by atoms with Gasteiger partial charge < -0.3 is 15.7 Å². The summed E-state index contributed by atoms with van der Waals surface area (Å²) in [4.78, 5) is 32.7. The average molecular weight is 264 g/mol. The molecule has 1 aromatic carbocycles. The molecule has 0 saturated heterocycles. The Balaban J connectivity index is 2.78. The first-order chi connectivity index (χ1) is 9.06. The van der Waals surface area contributed by atoms with Gasteiger partial charge >= 0.3 is 5.97 Å². The Morgan fingerprint density at radius 1 is 1.42 bits per heavy atom. The summed E-state index contributed by atoms with van der Waals surface area (Å²) >= 11 is 0. The Morgan fingerprint density at radius 3 is 2.74 bits per heavy atom. The Hall–Kier alpha value is -2.37.